The third kappa shape index (κ3) is 7.41. The van der Waals surface area contributed by atoms with Crippen molar-refractivity contribution in [2.24, 2.45) is 11.8 Å². The molecule has 4 amide bonds. The molecule has 1 fully saturated rings. The molecule has 1 aliphatic carbocycles. The number of aliphatic carboxylic acids is 1. The van der Waals surface area contributed by atoms with Crippen molar-refractivity contribution in [2.75, 3.05) is 20.2 Å². The Balaban J connectivity index is 1.94. The fraction of sp³-hybridized carbons (Fsp3) is 0.455. The molecular weight excluding hydrogens is 434 g/mol. The highest BCUT2D eigenvalue weighted by Gasteiger charge is 2.42. The van der Waals surface area contributed by atoms with Crippen LogP contribution >= 0.6 is 0 Å². The van der Waals surface area contributed by atoms with E-state index in [-0.39, 0.29) is 48.4 Å². The first-order valence-electron chi connectivity index (χ1n) is 10.4. The molecule has 3 atom stereocenters. The summed E-state index contributed by atoms with van der Waals surface area (Å²) < 4.78 is 5.43. The number of ether oxygens (including phenoxy) is 1. The summed E-state index contributed by atoms with van der Waals surface area (Å²) in [6.45, 7) is 1.64. The maximum Gasteiger partial charge on any atom is 0.306 e. The SMILES string of the molecule is CC(CCC(=O)NC=O)N(C)C(=O)c1cc(OCC(=O)NCC2CC2C(=O)O)ccc1C=O. The number of nitrogens with zero attached hydrogens (tertiary/aromatic N) is 1. The number of aldehydes is 1. The van der Waals surface area contributed by atoms with Crippen molar-refractivity contribution in [3.05, 3.63) is 29.3 Å². The van der Waals surface area contributed by atoms with Crippen LogP contribution in [-0.4, -0.2) is 72.6 Å². The van der Waals surface area contributed by atoms with E-state index in [0.717, 1.165) is 0 Å². The lowest BCUT2D eigenvalue weighted by molar-refractivity contribution is -0.139. The third-order valence-corrected chi connectivity index (χ3v) is 5.54. The lowest BCUT2D eigenvalue weighted by Gasteiger charge is -2.25. The van der Waals surface area contributed by atoms with Gasteiger partial charge in [-0.1, -0.05) is 0 Å². The lowest BCUT2D eigenvalue weighted by Crippen LogP contribution is -2.36. The normalized spacial score (nSPS) is 17.3. The van der Waals surface area contributed by atoms with Crippen LogP contribution < -0.4 is 15.4 Å². The molecule has 2 rings (SSSR count). The predicted octanol–water partition coefficient (Wildman–Crippen LogP) is 0.228. The zero-order valence-electron chi connectivity index (χ0n) is 18.4. The Morgan fingerprint density at radius 3 is 2.58 bits per heavy atom. The van der Waals surface area contributed by atoms with Gasteiger partial charge in [-0.3, -0.25) is 34.1 Å². The van der Waals surface area contributed by atoms with Crippen LogP contribution in [0.25, 0.3) is 0 Å². The Bertz CT molecular complexity index is 932. The number of hydrogen-bond acceptors (Lipinski definition) is 7. The maximum atomic E-state index is 12.9. The summed E-state index contributed by atoms with van der Waals surface area (Å²) in [5.74, 6) is -2.53. The van der Waals surface area contributed by atoms with E-state index < -0.39 is 29.6 Å². The molecule has 1 aromatic carbocycles. The topological polar surface area (TPSA) is 159 Å². The summed E-state index contributed by atoms with van der Waals surface area (Å²) in [6, 6.07) is 3.87. The van der Waals surface area contributed by atoms with Gasteiger partial charge in [-0.15, -0.1) is 0 Å². The largest absolute Gasteiger partial charge is 0.484 e. The number of amides is 4. The molecule has 1 saturated carbocycles. The standard InChI is InChI=1S/C22H27N3O8/c1-13(3-6-19(28)24-12-27)25(2)21(30)17-8-16(5-4-14(17)10-26)33-11-20(29)23-9-15-7-18(15)22(31)32/h4-5,8,10,12-13,15,18H,3,6-7,9,11H2,1-2H3,(H,23,29)(H,31,32)(H,24,27,28). The van der Waals surface area contributed by atoms with Gasteiger partial charge < -0.3 is 20.1 Å². The lowest BCUT2D eigenvalue weighted by atomic mass is 10.0. The molecule has 0 spiro atoms. The molecule has 0 saturated heterocycles. The summed E-state index contributed by atoms with van der Waals surface area (Å²) in [5.41, 5.74) is 0.222. The Morgan fingerprint density at radius 2 is 1.97 bits per heavy atom. The molecule has 11 nitrogen and oxygen atoms in total. The summed E-state index contributed by atoms with van der Waals surface area (Å²) in [4.78, 5) is 70.3. The fourth-order valence-corrected chi connectivity index (χ4v) is 3.20. The molecule has 1 aliphatic rings. The van der Waals surface area contributed by atoms with E-state index >= 15 is 0 Å². The van der Waals surface area contributed by atoms with Crippen LogP contribution in [0.4, 0.5) is 0 Å². The molecule has 11 heteroatoms. The van der Waals surface area contributed by atoms with Crippen LogP contribution in [0.1, 0.15) is 46.9 Å². The highest BCUT2D eigenvalue weighted by atomic mass is 16.5. The second-order valence-corrected chi connectivity index (χ2v) is 7.89. The molecule has 0 bridgehead atoms. The van der Waals surface area contributed by atoms with Gasteiger partial charge in [0.1, 0.15) is 5.75 Å². The minimum atomic E-state index is -0.874. The minimum absolute atomic E-state index is 0.0460. The number of carbonyl (C=O) groups is 6. The van der Waals surface area contributed by atoms with Gasteiger partial charge in [-0.25, -0.2) is 0 Å². The van der Waals surface area contributed by atoms with E-state index in [2.05, 4.69) is 5.32 Å². The monoisotopic (exact) mass is 461 g/mol. The van der Waals surface area contributed by atoms with Crippen LogP contribution in [-0.2, 0) is 19.2 Å². The fourth-order valence-electron chi connectivity index (χ4n) is 3.20. The summed E-state index contributed by atoms with van der Waals surface area (Å²) in [7, 11) is 1.53. The zero-order chi connectivity index (χ0) is 24.5. The average molecular weight is 461 g/mol. The quantitative estimate of drug-likeness (QED) is 0.352. The molecule has 1 aromatic rings. The van der Waals surface area contributed by atoms with Gasteiger partial charge >= 0.3 is 5.97 Å². The van der Waals surface area contributed by atoms with Crippen LogP contribution in [0.3, 0.4) is 0 Å². The van der Waals surface area contributed by atoms with E-state index in [9.17, 15) is 28.8 Å². The van der Waals surface area contributed by atoms with Crippen molar-refractivity contribution in [3.8, 4) is 5.75 Å². The number of hydrogen-bond donors (Lipinski definition) is 3. The van der Waals surface area contributed by atoms with Gasteiger partial charge in [0.05, 0.1) is 11.5 Å². The molecule has 0 radical (unpaired) electrons. The number of carbonyl (C=O) groups excluding carboxylic acids is 5. The van der Waals surface area contributed by atoms with Crippen molar-refractivity contribution >= 4 is 36.4 Å². The van der Waals surface area contributed by atoms with Gasteiger partial charge in [0.25, 0.3) is 11.8 Å². The smallest absolute Gasteiger partial charge is 0.306 e. The van der Waals surface area contributed by atoms with Gasteiger partial charge in [0, 0.05) is 31.6 Å². The van der Waals surface area contributed by atoms with E-state index in [1.54, 1.807) is 6.92 Å². The van der Waals surface area contributed by atoms with Gasteiger partial charge in [0.2, 0.25) is 12.3 Å². The third-order valence-electron chi connectivity index (χ3n) is 5.54. The molecule has 3 N–H and O–H groups in total. The molecule has 3 unspecified atom stereocenters. The first-order valence-corrected chi connectivity index (χ1v) is 10.4. The molecule has 0 aliphatic heterocycles. The van der Waals surface area contributed by atoms with Crippen molar-refractivity contribution in [1.82, 2.24) is 15.5 Å². The number of nitrogens with one attached hydrogen (secondary N) is 2. The van der Waals surface area contributed by atoms with Crippen LogP contribution in [0.5, 0.6) is 5.75 Å². The van der Waals surface area contributed by atoms with Gasteiger partial charge in [-0.05, 0) is 43.9 Å². The van der Waals surface area contributed by atoms with E-state index in [1.807, 2.05) is 5.32 Å². The Morgan fingerprint density at radius 1 is 1.24 bits per heavy atom. The van der Waals surface area contributed by atoms with Crippen molar-refractivity contribution in [3.63, 3.8) is 0 Å². The van der Waals surface area contributed by atoms with Gasteiger partial charge in [0.15, 0.2) is 12.9 Å². The Labute approximate surface area is 190 Å². The number of carboxylic acid groups (broad SMARTS) is 1. The second-order valence-electron chi connectivity index (χ2n) is 7.89. The zero-order valence-corrected chi connectivity index (χ0v) is 18.4. The summed E-state index contributed by atoms with van der Waals surface area (Å²) in [5, 5.41) is 13.5. The van der Waals surface area contributed by atoms with E-state index in [4.69, 9.17) is 9.84 Å². The molecule has 178 valence electrons. The first kappa shape index (κ1) is 25.5. The maximum absolute atomic E-state index is 12.9. The van der Waals surface area contributed by atoms with E-state index in [1.165, 1.54) is 30.1 Å². The average Bonchev–Trinajstić information content (AvgIpc) is 3.59. The summed E-state index contributed by atoms with van der Waals surface area (Å²) >= 11 is 0. The van der Waals surface area contributed by atoms with Crippen LogP contribution in [0, 0.1) is 11.8 Å². The molecule has 33 heavy (non-hydrogen) atoms. The highest BCUT2D eigenvalue weighted by molar-refractivity contribution is 6.02. The Hall–Kier alpha value is -3.76. The van der Waals surface area contributed by atoms with E-state index in [0.29, 0.717) is 25.5 Å². The number of imide groups is 1. The van der Waals surface area contributed by atoms with Crippen LogP contribution in [0.15, 0.2) is 18.2 Å². The van der Waals surface area contributed by atoms with Crippen molar-refractivity contribution in [2.45, 2.75) is 32.2 Å². The van der Waals surface area contributed by atoms with Crippen LogP contribution in [0.2, 0.25) is 0 Å². The number of carboxylic acids is 1. The summed E-state index contributed by atoms with van der Waals surface area (Å²) in [6.07, 6.45) is 1.71. The molecular formula is C22H27N3O8. The van der Waals surface area contributed by atoms with Crippen molar-refractivity contribution in [1.29, 1.82) is 0 Å². The molecule has 0 aromatic heterocycles. The first-order chi connectivity index (χ1) is 15.7. The van der Waals surface area contributed by atoms with Crippen molar-refractivity contribution < 1.29 is 38.6 Å². The second kappa shape index (κ2) is 11.7. The molecule has 0 heterocycles. The Kier molecular flexibility index (Phi) is 9.08. The number of rotatable bonds is 13. The highest BCUT2D eigenvalue weighted by Crippen LogP contribution is 2.37. The minimum Gasteiger partial charge on any atom is -0.484 e. The van der Waals surface area contributed by atoms with Gasteiger partial charge in [-0.2, -0.15) is 0 Å². The predicted molar refractivity (Wildman–Crippen MR) is 115 cm³/mol. The number of benzene rings is 1.